The van der Waals surface area contributed by atoms with Crippen molar-refractivity contribution in [3.05, 3.63) is 29.8 Å². The molecule has 0 radical (unpaired) electrons. The van der Waals surface area contributed by atoms with E-state index < -0.39 is 192 Å². The molecule has 9 atom stereocenters. The zero-order chi connectivity index (χ0) is 53.3. The first-order chi connectivity index (χ1) is 33.2. The molecule has 2 heterocycles. The van der Waals surface area contributed by atoms with Gasteiger partial charge in [-0.15, -0.1) is 0 Å². The molecule has 0 saturated carbocycles. The van der Waals surface area contributed by atoms with Gasteiger partial charge in [-0.3, -0.25) is 52.7 Å². The van der Waals surface area contributed by atoms with Crippen LogP contribution in [-0.4, -0.2) is 156 Å². The van der Waals surface area contributed by atoms with Crippen molar-refractivity contribution >= 4 is 74.8 Å². The van der Waals surface area contributed by atoms with Crippen LogP contribution >= 0.6 is 0 Å². The Morgan fingerprint density at radius 2 is 1.44 bits per heavy atom. The van der Waals surface area contributed by atoms with E-state index >= 15 is 4.39 Å². The highest BCUT2D eigenvalue weighted by molar-refractivity contribution is 7.91. The second kappa shape index (κ2) is 26.9. The first-order valence-electron chi connectivity index (χ1n) is 23.1. The second-order valence-corrected chi connectivity index (χ2v) is 20.4. The van der Waals surface area contributed by atoms with E-state index in [2.05, 4.69) is 37.2 Å². The lowest BCUT2D eigenvalue weighted by atomic mass is 9.96. The normalized spacial score (nSPS) is 24.7. The van der Waals surface area contributed by atoms with E-state index in [-0.39, 0.29) is 30.9 Å². The van der Waals surface area contributed by atoms with Gasteiger partial charge in [0.2, 0.25) is 65.0 Å². The molecule has 394 valence electrons. The Bertz CT molecular complexity index is 2270. The molecular formula is C44H66FN11O14S. The Balaban J connectivity index is 2.12. The molecule has 0 aliphatic carbocycles. The molecule has 2 aliphatic heterocycles. The lowest BCUT2D eigenvalue weighted by Gasteiger charge is -2.31. The quantitative estimate of drug-likeness (QED) is 0.0706. The number of benzene rings is 1. The van der Waals surface area contributed by atoms with Gasteiger partial charge in [-0.05, 0) is 48.8 Å². The van der Waals surface area contributed by atoms with Gasteiger partial charge in [-0.25, -0.2) is 12.8 Å². The number of amides is 11. The molecule has 14 N–H and O–H groups in total. The van der Waals surface area contributed by atoms with Crippen LogP contribution in [0.2, 0.25) is 0 Å². The molecular weight excluding hydrogens is 958 g/mol. The highest BCUT2D eigenvalue weighted by Crippen LogP contribution is 2.24. The molecule has 25 nitrogen and oxygen atoms in total. The van der Waals surface area contributed by atoms with Crippen LogP contribution in [0.1, 0.15) is 84.6 Å². The fourth-order valence-corrected chi connectivity index (χ4v) is 9.02. The summed E-state index contributed by atoms with van der Waals surface area (Å²) in [5.41, 5.74) is 16.4. The van der Waals surface area contributed by atoms with E-state index in [0.29, 0.717) is 5.56 Å². The number of phenols is 1. The van der Waals surface area contributed by atoms with Crippen LogP contribution in [-0.2, 0) is 69.0 Å². The average molecular weight is 1020 g/mol. The second-order valence-electron chi connectivity index (χ2n) is 18.1. The maximum atomic E-state index is 15.3. The summed E-state index contributed by atoms with van der Waals surface area (Å²) >= 11 is 0. The first-order valence-corrected chi connectivity index (χ1v) is 24.9. The third-order valence-electron chi connectivity index (χ3n) is 11.8. The number of likely N-dealkylation sites (tertiary alicyclic amines) is 1. The number of carbonyl (C=O) groups excluding carboxylic acids is 11. The van der Waals surface area contributed by atoms with Gasteiger partial charge in [0.1, 0.15) is 54.2 Å². The number of alkyl halides is 1. The minimum atomic E-state index is -4.36. The molecule has 0 spiro atoms. The number of phenolic OH excluding ortho intramolecular Hbond substituents is 1. The van der Waals surface area contributed by atoms with Crippen LogP contribution in [0, 0.1) is 11.8 Å². The van der Waals surface area contributed by atoms with E-state index in [1.165, 1.54) is 24.3 Å². The van der Waals surface area contributed by atoms with Gasteiger partial charge in [-0.1, -0.05) is 46.2 Å². The Kier molecular flexibility index (Phi) is 22.1. The molecule has 27 heteroatoms. The minimum absolute atomic E-state index is 0.0232. The highest BCUT2D eigenvalue weighted by Gasteiger charge is 2.44. The Labute approximate surface area is 409 Å². The first kappa shape index (κ1) is 58.4. The smallest absolute Gasteiger partial charge is 0.245 e. The predicted octanol–water partition coefficient (Wildman–Crippen LogP) is -4.17. The van der Waals surface area contributed by atoms with Crippen molar-refractivity contribution in [2.24, 2.45) is 29.0 Å². The van der Waals surface area contributed by atoms with Crippen molar-refractivity contribution in [3.8, 4) is 5.75 Å². The summed E-state index contributed by atoms with van der Waals surface area (Å²) in [5.74, 6) is -14.1. The fourth-order valence-electron chi connectivity index (χ4n) is 7.72. The van der Waals surface area contributed by atoms with Gasteiger partial charge >= 0.3 is 0 Å². The molecule has 1 aromatic carbocycles. The van der Waals surface area contributed by atoms with Crippen LogP contribution in [0.4, 0.5) is 4.39 Å². The lowest BCUT2D eigenvalue weighted by Crippen LogP contribution is -2.61. The molecule has 3 rings (SSSR count). The van der Waals surface area contributed by atoms with Gasteiger partial charge in [0.25, 0.3) is 0 Å². The number of aromatic hydroxyl groups is 1. The summed E-state index contributed by atoms with van der Waals surface area (Å²) < 4.78 is 42.5. The van der Waals surface area contributed by atoms with Crippen LogP contribution in [0.15, 0.2) is 24.3 Å². The van der Waals surface area contributed by atoms with E-state index in [1.54, 1.807) is 27.7 Å². The summed E-state index contributed by atoms with van der Waals surface area (Å²) in [7, 11) is -4.36. The Morgan fingerprint density at radius 3 is 2.03 bits per heavy atom. The van der Waals surface area contributed by atoms with Gasteiger partial charge < -0.3 is 64.4 Å². The van der Waals surface area contributed by atoms with Crippen molar-refractivity contribution in [1.29, 1.82) is 0 Å². The minimum Gasteiger partial charge on any atom is -0.508 e. The number of hydrogen-bond donors (Lipinski definition) is 11. The van der Waals surface area contributed by atoms with Crippen molar-refractivity contribution in [1.82, 2.24) is 42.1 Å². The van der Waals surface area contributed by atoms with Gasteiger partial charge in [0.05, 0.1) is 31.0 Å². The van der Waals surface area contributed by atoms with Crippen LogP contribution < -0.4 is 54.4 Å². The van der Waals surface area contributed by atoms with Crippen molar-refractivity contribution in [3.63, 3.8) is 0 Å². The molecule has 2 fully saturated rings. The zero-order valence-electron chi connectivity index (χ0n) is 40.0. The molecule has 2 aliphatic rings. The van der Waals surface area contributed by atoms with Gasteiger partial charge in [-0.2, -0.15) is 0 Å². The number of sulfone groups is 1. The molecule has 71 heavy (non-hydrogen) atoms. The van der Waals surface area contributed by atoms with E-state index in [9.17, 15) is 66.3 Å². The predicted molar refractivity (Wildman–Crippen MR) is 250 cm³/mol. The largest absolute Gasteiger partial charge is 0.508 e. The number of rotatable bonds is 17. The molecule has 0 bridgehead atoms. The zero-order valence-corrected chi connectivity index (χ0v) is 40.8. The summed E-state index contributed by atoms with van der Waals surface area (Å²) in [6.07, 6.45) is -5.84. The van der Waals surface area contributed by atoms with E-state index in [0.717, 1.165) is 4.90 Å². The number of nitrogens with zero attached hydrogens (tertiary/aromatic N) is 1. The average Bonchev–Trinajstić information content (AvgIpc) is 3.69. The third kappa shape index (κ3) is 19.1. The summed E-state index contributed by atoms with van der Waals surface area (Å²) in [6, 6.07) is -5.84. The Morgan fingerprint density at radius 1 is 0.817 bits per heavy atom. The van der Waals surface area contributed by atoms with Crippen molar-refractivity contribution < 1.29 is 70.7 Å². The van der Waals surface area contributed by atoms with E-state index in [1.807, 2.05) is 0 Å². The number of nitrogens with two attached hydrogens (primary N) is 3. The summed E-state index contributed by atoms with van der Waals surface area (Å²) in [6.45, 7) is 5.39. The van der Waals surface area contributed by atoms with Crippen molar-refractivity contribution in [2.45, 2.75) is 134 Å². The number of nitrogens with one attached hydrogen (secondary N) is 7. The lowest BCUT2D eigenvalue weighted by molar-refractivity contribution is -0.143. The monoisotopic (exact) mass is 1020 g/mol. The molecule has 1 aromatic rings. The molecule has 0 aromatic heterocycles. The maximum absolute atomic E-state index is 15.3. The highest BCUT2D eigenvalue weighted by atomic mass is 32.2. The third-order valence-corrected chi connectivity index (χ3v) is 13.4. The molecule has 0 unspecified atom stereocenters. The van der Waals surface area contributed by atoms with Gasteiger partial charge in [0, 0.05) is 25.7 Å². The van der Waals surface area contributed by atoms with E-state index in [4.69, 9.17) is 17.2 Å². The van der Waals surface area contributed by atoms with Crippen LogP contribution in [0.3, 0.4) is 0 Å². The SMILES string of the molecule is CC[C@H](C)[C@@H]1NC(=O)[C@H](Cc2ccc(O)cc2)NC(=O)CCS(=O)(=O)CC[C@@H](C(=O)N2C[C@H](F)C[C@H]2C(=O)N[C@@H](CC(C)C)C(=O)NCC(N)=O)NC(=O)[C@H](CC(N)=O)NC(=O)[C@H](CCC(N)=O)NC1=O. The van der Waals surface area contributed by atoms with Crippen LogP contribution in [0.5, 0.6) is 5.75 Å². The number of carbonyl (C=O) groups is 11. The number of hydrogen-bond acceptors (Lipinski definition) is 14. The molecule has 2 saturated heterocycles. The molecule has 11 amide bonds. The summed E-state index contributed by atoms with van der Waals surface area (Å²) in [5, 5.41) is 26.6. The number of primary amides is 3. The summed E-state index contributed by atoms with van der Waals surface area (Å²) in [4.78, 5) is 147. The standard InChI is InChI=1S/C44H66FN11O14S/c1-5-23(4)37-43(67)51-27(10-11-33(46)58)39(63)53-31(19-34(47)59)40(64)52-28(12-14-71(69,70)15-13-36(61)50-30(41(65)55-37)17-24-6-8-26(57)9-7-24)44(68)56-21-25(45)18-32(56)42(66)54-29(16-22(2)3)38(62)49-20-35(48)60/h6-9,22-23,25,27-32,37,57H,5,10-21H2,1-4H3,(H2,46,58)(H2,47,59)(H2,48,60)(H,49,62)(H,50,61)(H,51,67)(H,52,64)(H,53,63)(H,54,66)(H,55,65)/t23-,25+,27-,28-,29-,30-,31-,32-,37-/m0/s1. The Hall–Kier alpha value is -6.93. The van der Waals surface area contributed by atoms with Gasteiger partial charge in [0.15, 0.2) is 9.84 Å². The topological polar surface area (TPSA) is 408 Å². The maximum Gasteiger partial charge on any atom is 0.245 e. The fraction of sp³-hybridized carbons (Fsp3) is 0.614. The van der Waals surface area contributed by atoms with Crippen molar-refractivity contribution in [2.75, 3.05) is 24.6 Å². The number of halogens is 1. The van der Waals surface area contributed by atoms with Crippen LogP contribution in [0.25, 0.3) is 0 Å².